The van der Waals surface area contributed by atoms with E-state index in [-0.39, 0.29) is 17.3 Å². The zero-order valence-electron chi connectivity index (χ0n) is 14.6. The summed E-state index contributed by atoms with van der Waals surface area (Å²) in [5.41, 5.74) is -2.54. The number of nitrogens with one attached hydrogen (secondary N) is 1. The molecule has 1 heterocycles. The van der Waals surface area contributed by atoms with E-state index < -0.39 is 28.9 Å². The molecule has 0 saturated heterocycles. The first kappa shape index (κ1) is 20.2. The average Bonchev–Trinajstić information content (AvgIpc) is 2.66. The first-order chi connectivity index (χ1) is 13.2. The van der Waals surface area contributed by atoms with Crippen molar-refractivity contribution in [2.75, 3.05) is 22.5 Å². The highest BCUT2D eigenvalue weighted by Gasteiger charge is 2.32. The van der Waals surface area contributed by atoms with Gasteiger partial charge in [-0.3, -0.25) is 9.59 Å². The van der Waals surface area contributed by atoms with E-state index in [1.54, 1.807) is 18.2 Å². The van der Waals surface area contributed by atoms with Gasteiger partial charge in [0.1, 0.15) is 5.82 Å². The number of rotatable bonds is 4. The molecular formula is C19H16F4N2O2S. The molecule has 2 aromatic carbocycles. The van der Waals surface area contributed by atoms with Crippen LogP contribution in [-0.2, 0) is 11.2 Å². The smallest absolute Gasteiger partial charge is 0.322 e. The van der Waals surface area contributed by atoms with Crippen LogP contribution >= 0.6 is 11.8 Å². The Kier molecular flexibility index (Phi) is 5.93. The number of hydrogen-bond donors (Lipinski definition) is 1. The van der Waals surface area contributed by atoms with Crippen molar-refractivity contribution in [3.63, 3.8) is 0 Å². The van der Waals surface area contributed by atoms with Crippen molar-refractivity contribution >= 4 is 35.0 Å². The van der Waals surface area contributed by atoms with Crippen molar-refractivity contribution in [2.24, 2.45) is 0 Å². The van der Waals surface area contributed by atoms with Gasteiger partial charge in [0.25, 0.3) is 5.91 Å². The van der Waals surface area contributed by atoms with E-state index in [2.05, 4.69) is 5.32 Å². The van der Waals surface area contributed by atoms with E-state index in [0.29, 0.717) is 36.3 Å². The molecule has 3 rings (SSSR count). The number of amides is 2. The standard InChI is InChI=1S/C19H16F4N2O2S/c20-13-8-6-12(7-9-13)18(27)24-15-4-1-5-16-14(15)3-2-10-25(16)17(26)11-28-19(21,22)23/h1,4-9H,2-3,10-11H2,(H,24,27). The lowest BCUT2D eigenvalue weighted by molar-refractivity contribution is -0.116. The Labute approximate surface area is 162 Å². The third-order valence-corrected chi connectivity index (χ3v) is 4.98. The molecule has 1 N–H and O–H groups in total. The second-order valence-electron chi connectivity index (χ2n) is 6.15. The molecule has 0 aliphatic carbocycles. The number of nitrogens with zero attached hydrogens (tertiary/aromatic N) is 1. The lowest BCUT2D eigenvalue weighted by Gasteiger charge is -2.31. The summed E-state index contributed by atoms with van der Waals surface area (Å²) >= 11 is -0.368. The van der Waals surface area contributed by atoms with Crippen molar-refractivity contribution < 1.29 is 27.2 Å². The van der Waals surface area contributed by atoms with Crippen LogP contribution in [0.5, 0.6) is 0 Å². The van der Waals surface area contributed by atoms with Gasteiger partial charge in [0.15, 0.2) is 0 Å². The minimum atomic E-state index is -4.47. The fourth-order valence-electron chi connectivity index (χ4n) is 3.02. The van der Waals surface area contributed by atoms with Crippen molar-refractivity contribution in [3.8, 4) is 0 Å². The van der Waals surface area contributed by atoms with E-state index in [1.807, 2.05) is 0 Å². The highest BCUT2D eigenvalue weighted by molar-refractivity contribution is 8.00. The molecule has 4 nitrogen and oxygen atoms in total. The molecule has 0 aromatic heterocycles. The van der Waals surface area contributed by atoms with Crippen LogP contribution in [0.4, 0.5) is 28.9 Å². The van der Waals surface area contributed by atoms with E-state index >= 15 is 0 Å². The third kappa shape index (κ3) is 4.83. The summed E-state index contributed by atoms with van der Waals surface area (Å²) in [5.74, 6) is -2.23. The predicted octanol–water partition coefficient (Wildman–Crippen LogP) is 4.61. The maximum Gasteiger partial charge on any atom is 0.442 e. The second kappa shape index (κ2) is 8.22. The first-order valence-corrected chi connectivity index (χ1v) is 9.43. The minimum absolute atomic E-state index is 0.268. The molecule has 0 saturated carbocycles. The maximum atomic E-state index is 13.0. The fraction of sp³-hybridized carbons (Fsp3) is 0.263. The van der Waals surface area contributed by atoms with Crippen molar-refractivity contribution in [1.29, 1.82) is 0 Å². The molecule has 0 spiro atoms. The summed E-state index contributed by atoms with van der Waals surface area (Å²) in [6.45, 7) is 0.319. The summed E-state index contributed by atoms with van der Waals surface area (Å²) in [4.78, 5) is 26.0. The highest BCUT2D eigenvalue weighted by atomic mass is 32.2. The normalized spacial score (nSPS) is 13.8. The highest BCUT2D eigenvalue weighted by Crippen LogP contribution is 2.35. The molecule has 0 radical (unpaired) electrons. The summed E-state index contributed by atoms with van der Waals surface area (Å²) in [6, 6.07) is 10.00. The monoisotopic (exact) mass is 412 g/mol. The molecule has 2 amide bonds. The topological polar surface area (TPSA) is 49.4 Å². The molecule has 2 aromatic rings. The molecule has 28 heavy (non-hydrogen) atoms. The molecule has 0 fully saturated rings. The van der Waals surface area contributed by atoms with Gasteiger partial charge in [-0.1, -0.05) is 6.07 Å². The number of fused-ring (bicyclic) bond motifs is 1. The van der Waals surface area contributed by atoms with Gasteiger partial charge in [0.2, 0.25) is 5.91 Å². The van der Waals surface area contributed by atoms with Gasteiger partial charge < -0.3 is 10.2 Å². The number of hydrogen-bond acceptors (Lipinski definition) is 3. The number of carbonyl (C=O) groups is 2. The molecule has 0 unspecified atom stereocenters. The van der Waals surface area contributed by atoms with Crippen LogP contribution in [0.25, 0.3) is 0 Å². The summed E-state index contributed by atoms with van der Waals surface area (Å²) in [7, 11) is 0. The third-order valence-electron chi connectivity index (χ3n) is 4.27. The van der Waals surface area contributed by atoms with Crippen LogP contribution in [0.15, 0.2) is 42.5 Å². The van der Waals surface area contributed by atoms with Gasteiger partial charge in [0, 0.05) is 23.5 Å². The van der Waals surface area contributed by atoms with E-state index in [0.717, 1.165) is 0 Å². The molecule has 9 heteroatoms. The molecule has 148 valence electrons. The molecular weight excluding hydrogens is 396 g/mol. The minimum Gasteiger partial charge on any atom is -0.322 e. The van der Waals surface area contributed by atoms with E-state index in [9.17, 15) is 27.2 Å². The molecule has 0 bridgehead atoms. The van der Waals surface area contributed by atoms with Crippen LogP contribution in [0.3, 0.4) is 0 Å². The van der Waals surface area contributed by atoms with Crippen LogP contribution in [0.1, 0.15) is 22.3 Å². The lowest BCUT2D eigenvalue weighted by Crippen LogP contribution is -2.37. The Balaban J connectivity index is 1.80. The Morgan fingerprint density at radius 3 is 2.50 bits per heavy atom. The van der Waals surface area contributed by atoms with Gasteiger partial charge in [-0.15, -0.1) is 0 Å². The summed E-state index contributed by atoms with van der Waals surface area (Å²) in [5, 5.41) is 2.74. The Hall–Kier alpha value is -2.55. The first-order valence-electron chi connectivity index (χ1n) is 8.44. The van der Waals surface area contributed by atoms with Crippen LogP contribution in [-0.4, -0.2) is 29.6 Å². The maximum absolute atomic E-state index is 13.0. The van der Waals surface area contributed by atoms with Gasteiger partial charge in [-0.2, -0.15) is 13.2 Å². The number of carbonyl (C=O) groups excluding carboxylic acids is 2. The Morgan fingerprint density at radius 2 is 1.82 bits per heavy atom. The second-order valence-corrected chi connectivity index (χ2v) is 7.19. The number of benzene rings is 2. The Morgan fingerprint density at radius 1 is 1.11 bits per heavy atom. The number of thioether (sulfide) groups is 1. The van der Waals surface area contributed by atoms with Gasteiger partial charge in [0.05, 0.1) is 5.75 Å². The van der Waals surface area contributed by atoms with Crippen LogP contribution in [0, 0.1) is 5.82 Å². The van der Waals surface area contributed by atoms with E-state index in [1.165, 1.54) is 29.2 Å². The van der Waals surface area contributed by atoms with Crippen LogP contribution in [0.2, 0.25) is 0 Å². The quantitative estimate of drug-likeness (QED) is 0.747. The molecule has 1 aliphatic heterocycles. The molecule has 1 aliphatic rings. The molecule has 0 atom stereocenters. The van der Waals surface area contributed by atoms with Gasteiger partial charge >= 0.3 is 5.51 Å². The number of anilines is 2. The van der Waals surface area contributed by atoms with Crippen molar-refractivity contribution in [3.05, 3.63) is 59.4 Å². The van der Waals surface area contributed by atoms with Crippen LogP contribution < -0.4 is 10.2 Å². The fourth-order valence-corrected chi connectivity index (χ4v) is 3.46. The number of alkyl halides is 3. The largest absolute Gasteiger partial charge is 0.442 e. The number of halogens is 4. The van der Waals surface area contributed by atoms with Gasteiger partial charge in [-0.05, 0) is 66.6 Å². The Bertz CT molecular complexity index is 884. The van der Waals surface area contributed by atoms with Crippen molar-refractivity contribution in [1.82, 2.24) is 0 Å². The van der Waals surface area contributed by atoms with E-state index in [4.69, 9.17) is 0 Å². The zero-order chi connectivity index (χ0) is 20.3. The predicted molar refractivity (Wildman–Crippen MR) is 100.0 cm³/mol. The SMILES string of the molecule is O=C(Nc1cccc2c1CCCN2C(=O)CSC(F)(F)F)c1ccc(F)cc1. The zero-order valence-corrected chi connectivity index (χ0v) is 15.4. The van der Waals surface area contributed by atoms with Gasteiger partial charge in [-0.25, -0.2) is 4.39 Å². The van der Waals surface area contributed by atoms with Crippen molar-refractivity contribution in [2.45, 2.75) is 18.3 Å². The lowest BCUT2D eigenvalue weighted by atomic mass is 9.99. The summed E-state index contributed by atoms with van der Waals surface area (Å²) in [6.07, 6.45) is 1.14. The summed E-state index contributed by atoms with van der Waals surface area (Å²) < 4.78 is 50.2. The average molecular weight is 412 g/mol.